The van der Waals surface area contributed by atoms with Crippen LogP contribution in [0.25, 0.3) is 0 Å². The first-order valence-electron chi connectivity index (χ1n) is 5.06. The molecule has 0 radical (unpaired) electrons. The molecule has 1 heterocycles. The quantitative estimate of drug-likeness (QED) is 0.727. The van der Waals surface area contributed by atoms with Gasteiger partial charge >= 0.3 is 0 Å². The molecule has 1 saturated carbocycles. The molecule has 0 aliphatic heterocycles. The summed E-state index contributed by atoms with van der Waals surface area (Å²) < 4.78 is 0. The summed E-state index contributed by atoms with van der Waals surface area (Å²) in [6, 6.07) is 2.41. The lowest BCUT2D eigenvalue weighted by atomic mass is 9.89. The van der Waals surface area contributed by atoms with Crippen LogP contribution >= 0.6 is 11.3 Å². The summed E-state index contributed by atoms with van der Waals surface area (Å²) in [7, 11) is 0. The summed E-state index contributed by atoms with van der Waals surface area (Å²) in [5.74, 6) is 0.759. The topological polar surface area (TPSA) is 26.0 Å². The maximum Gasteiger partial charge on any atom is 0.00893 e. The summed E-state index contributed by atoms with van der Waals surface area (Å²) >= 11 is 1.98. The van der Waals surface area contributed by atoms with Gasteiger partial charge in [-0.15, -0.1) is 11.3 Å². The molecular formula is C11H15NS. The van der Waals surface area contributed by atoms with Gasteiger partial charge in [-0.2, -0.15) is 0 Å². The van der Waals surface area contributed by atoms with Crippen molar-refractivity contribution in [1.82, 2.24) is 0 Å². The highest BCUT2D eigenvalue weighted by Crippen LogP contribution is 2.61. The van der Waals surface area contributed by atoms with Gasteiger partial charge in [0.1, 0.15) is 0 Å². The first-order valence-corrected chi connectivity index (χ1v) is 5.88. The number of nitrogens with two attached hydrogens (primary N) is 1. The van der Waals surface area contributed by atoms with E-state index in [9.17, 15) is 0 Å². The minimum absolute atomic E-state index is 0.550. The molecule has 1 nitrogen and oxygen atoms in total. The SMILES string of the molecule is Cc1cc2c(s1)CC(CN)C21CC1. The molecule has 13 heavy (non-hydrogen) atoms. The highest BCUT2D eigenvalue weighted by Gasteiger charge is 2.55. The summed E-state index contributed by atoms with van der Waals surface area (Å²) in [5.41, 5.74) is 8.04. The van der Waals surface area contributed by atoms with Crippen molar-refractivity contribution in [3.63, 3.8) is 0 Å². The van der Waals surface area contributed by atoms with Gasteiger partial charge in [-0.1, -0.05) is 0 Å². The van der Waals surface area contributed by atoms with Gasteiger partial charge in [0.25, 0.3) is 0 Å². The molecule has 1 atom stereocenters. The molecule has 2 aliphatic carbocycles. The zero-order chi connectivity index (χ0) is 9.05. The Morgan fingerprint density at radius 3 is 3.00 bits per heavy atom. The van der Waals surface area contributed by atoms with Crippen LogP contribution in [0.1, 0.15) is 28.2 Å². The third-order valence-corrected chi connectivity index (χ3v) is 4.83. The van der Waals surface area contributed by atoms with Crippen LogP contribution < -0.4 is 5.73 Å². The zero-order valence-corrected chi connectivity index (χ0v) is 8.79. The van der Waals surface area contributed by atoms with E-state index in [1.807, 2.05) is 11.3 Å². The van der Waals surface area contributed by atoms with Crippen LogP contribution in [0.15, 0.2) is 6.07 Å². The summed E-state index contributed by atoms with van der Waals surface area (Å²) in [6.07, 6.45) is 4.03. The maximum absolute atomic E-state index is 5.83. The molecule has 70 valence electrons. The molecule has 1 unspecified atom stereocenters. The van der Waals surface area contributed by atoms with E-state index in [0.29, 0.717) is 5.41 Å². The van der Waals surface area contributed by atoms with E-state index in [1.165, 1.54) is 24.1 Å². The van der Waals surface area contributed by atoms with E-state index >= 15 is 0 Å². The van der Waals surface area contributed by atoms with Crippen LogP contribution in [-0.4, -0.2) is 6.54 Å². The van der Waals surface area contributed by atoms with Crippen molar-refractivity contribution in [3.8, 4) is 0 Å². The van der Waals surface area contributed by atoms with Crippen molar-refractivity contribution in [1.29, 1.82) is 0 Å². The first kappa shape index (κ1) is 8.01. The van der Waals surface area contributed by atoms with Crippen molar-refractivity contribution in [2.45, 2.75) is 31.6 Å². The second-order valence-corrected chi connectivity index (χ2v) is 5.83. The second kappa shape index (κ2) is 2.37. The average Bonchev–Trinajstić information content (AvgIpc) is 2.74. The van der Waals surface area contributed by atoms with Crippen LogP contribution in [0, 0.1) is 12.8 Å². The summed E-state index contributed by atoms with van der Waals surface area (Å²) in [6.45, 7) is 3.09. The average molecular weight is 193 g/mol. The van der Waals surface area contributed by atoms with E-state index in [0.717, 1.165) is 12.5 Å². The van der Waals surface area contributed by atoms with E-state index < -0.39 is 0 Å². The molecule has 2 heteroatoms. The third kappa shape index (κ3) is 0.906. The number of rotatable bonds is 1. The fourth-order valence-electron chi connectivity index (χ4n) is 2.90. The number of thiophene rings is 1. The van der Waals surface area contributed by atoms with Gasteiger partial charge in [0.15, 0.2) is 0 Å². The number of hydrogen-bond acceptors (Lipinski definition) is 2. The fraction of sp³-hybridized carbons (Fsp3) is 0.636. The second-order valence-electron chi connectivity index (χ2n) is 4.49. The predicted molar refractivity (Wildman–Crippen MR) is 56.2 cm³/mol. The minimum Gasteiger partial charge on any atom is -0.330 e. The molecule has 1 fully saturated rings. The standard InChI is InChI=1S/C11H15NS/c1-7-4-9-10(13-7)5-8(6-12)11(9)2-3-11/h4,8H,2-3,5-6,12H2,1H3. The van der Waals surface area contributed by atoms with Crippen molar-refractivity contribution in [3.05, 3.63) is 21.4 Å². The Labute approximate surface area is 83.0 Å². The van der Waals surface area contributed by atoms with Gasteiger partial charge in [0.2, 0.25) is 0 Å². The molecule has 0 bridgehead atoms. The van der Waals surface area contributed by atoms with Gasteiger partial charge in [-0.25, -0.2) is 0 Å². The van der Waals surface area contributed by atoms with Crippen LogP contribution in [0.2, 0.25) is 0 Å². The number of hydrogen-bond donors (Lipinski definition) is 1. The molecule has 0 saturated heterocycles. The Morgan fingerprint density at radius 2 is 2.38 bits per heavy atom. The Hall–Kier alpha value is -0.340. The predicted octanol–water partition coefficient (Wildman–Crippen LogP) is 2.22. The summed E-state index contributed by atoms with van der Waals surface area (Å²) in [5, 5.41) is 0. The highest BCUT2D eigenvalue weighted by atomic mass is 32.1. The smallest absolute Gasteiger partial charge is 0.00893 e. The fourth-order valence-corrected chi connectivity index (χ4v) is 4.12. The van der Waals surface area contributed by atoms with E-state index in [-0.39, 0.29) is 0 Å². The Bertz CT molecular complexity index is 349. The Balaban J connectivity index is 2.08. The molecule has 3 rings (SSSR count). The van der Waals surface area contributed by atoms with Crippen molar-refractivity contribution in [2.75, 3.05) is 6.54 Å². The lowest BCUT2D eigenvalue weighted by molar-refractivity contribution is 0.451. The Kier molecular flexibility index (Phi) is 1.46. The minimum atomic E-state index is 0.550. The molecular weight excluding hydrogens is 178 g/mol. The van der Waals surface area contributed by atoms with Crippen molar-refractivity contribution < 1.29 is 0 Å². The van der Waals surface area contributed by atoms with Crippen LogP contribution in [0.3, 0.4) is 0 Å². The normalized spacial score (nSPS) is 28.0. The van der Waals surface area contributed by atoms with E-state index in [2.05, 4.69) is 13.0 Å². The monoisotopic (exact) mass is 193 g/mol. The van der Waals surface area contributed by atoms with Crippen LogP contribution in [-0.2, 0) is 11.8 Å². The molecule has 0 aromatic carbocycles. The van der Waals surface area contributed by atoms with Gasteiger partial charge < -0.3 is 5.73 Å². The first-order chi connectivity index (χ1) is 6.26. The van der Waals surface area contributed by atoms with Crippen LogP contribution in [0.5, 0.6) is 0 Å². The molecule has 0 amide bonds. The van der Waals surface area contributed by atoms with Crippen molar-refractivity contribution in [2.24, 2.45) is 11.7 Å². The molecule has 1 aromatic heterocycles. The van der Waals surface area contributed by atoms with Gasteiger partial charge in [-0.05, 0) is 50.3 Å². The zero-order valence-electron chi connectivity index (χ0n) is 7.97. The highest BCUT2D eigenvalue weighted by molar-refractivity contribution is 7.12. The number of fused-ring (bicyclic) bond motifs is 2. The lowest BCUT2D eigenvalue weighted by Crippen LogP contribution is -2.24. The Morgan fingerprint density at radius 1 is 1.62 bits per heavy atom. The molecule has 1 spiro atoms. The van der Waals surface area contributed by atoms with E-state index in [4.69, 9.17) is 5.73 Å². The molecule has 1 aromatic rings. The number of aryl methyl sites for hydroxylation is 1. The largest absolute Gasteiger partial charge is 0.330 e. The summed E-state index contributed by atoms with van der Waals surface area (Å²) in [4.78, 5) is 3.11. The van der Waals surface area contributed by atoms with E-state index in [1.54, 1.807) is 10.4 Å². The van der Waals surface area contributed by atoms with Gasteiger partial charge in [-0.3, -0.25) is 0 Å². The molecule has 2 N–H and O–H groups in total. The molecule has 2 aliphatic rings. The third-order valence-electron chi connectivity index (χ3n) is 3.76. The maximum atomic E-state index is 5.83. The lowest BCUT2D eigenvalue weighted by Gasteiger charge is -2.16. The van der Waals surface area contributed by atoms with Gasteiger partial charge in [0.05, 0.1) is 0 Å². The van der Waals surface area contributed by atoms with Crippen LogP contribution in [0.4, 0.5) is 0 Å². The van der Waals surface area contributed by atoms with Crippen molar-refractivity contribution >= 4 is 11.3 Å². The van der Waals surface area contributed by atoms with Gasteiger partial charge in [0, 0.05) is 15.2 Å².